The summed E-state index contributed by atoms with van der Waals surface area (Å²) in [6.07, 6.45) is 4.20. The molecule has 25 heavy (non-hydrogen) atoms. The van der Waals surface area contributed by atoms with Crippen LogP contribution >= 0.6 is 0 Å². The van der Waals surface area contributed by atoms with Crippen LogP contribution in [0.4, 0.5) is 4.79 Å². The number of urea groups is 1. The van der Waals surface area contributed by atoms with Crippen LogP contribution in [0.2, 0.25) is 0 Å². The fourth-order valence-corrected chi connectivity index (χ4v) is 3.95. The first-order chi connectivity index (χ1) is 12.0. The first kappa shape index (κ1) is 18.2. The monoisotopic (exact) mass is 345 g/mol. The van der Waals surface area contributed by atoms with Crippen molar-refractivity contribution in [3.8, 4) is 0 Å². The molecule has 2 fully saturated rings. The van der Waals surface area contributed by atoms with Crippen LogP contribution in [0.3, 0.4) is 0 Å². The SMILES string of the molecule is Cc1ccccc1C1(CNC(=O)NCC2(N(C)C)CCOCC2)CC1. The number of rotatable bonds is 6. The first-order valence-electron chi connectivity index (χ1n) is 9.31. The number of likely N-dealkylation sites (N-methyl/N-ethyl adjacent to an activating group) is 1. The van der Waals surface area contributed by atoms with Crippen LogP contribution in [0.1, 0.15) is 36.8 Å². The number of ether oxygens (including phenoxy) is 1. The van der Waals surface area contributed by atoms with Crippen LogP contribution in [-0.4, -0.2) is 56.9 Å². The zero-order chi connectivity index (χ0) is 17.9. The van der Waals surface area contributed by atoms with Gasteiger partial charge in [0.15, 0.2) is 0 Å². The molecule has 0 unspecified atom stereocenters. The van der Waals surface area contributed by atoms with Crippen LogP contribution < -0.4 is 10.6 Å². The number of hydrogen-bond acceptors (Lipinski definition) is 3. The molecule has 2 aliphatic rings. The van der Waals surface area contributed by atoms with E-state index in [0.717, 1.165) is 38.9 Å². The minimum Gasteiger partial charge on any atom is -0.381 e. The van der Waals surface area contributed by atoms with E-state index in [1.807, 2.05) is 0 Å². The highest BCUT2D eigenvalue weighted by molar-refractivity contribution is 5.74. The summed E-state index contributed by atoms with van der Waals surface area (Å²) in [5.41, 5.74) is 2.84. The Labute approximate surface area is 151 Å². The fourth-order valence-electron chi connectivity index (χ4n) is 3.95. The zero-order valence-corrected chi connectivity index (χ0v) is 15.7. The third-order valence-electron chi connectivity index (χ3n) is 6.11. The number of carbonyl (C=O) groups excluding carboxylic acids is 1. The lowest BCUT2D eigenvalue weighted by molar-refractivity contribution is -0.00571. The van der Waals surface area contributed by atoms with Crippen LogP contribution in [0.5, 0.6) is 0 Å². The van der Waals surface area contributed by atoms with Gasteiger partial charge >= 0.3 is 6.03 Å². The predicted molar refractivity (Wildman–Crippen MR) is 100.0 cm³/mol. The fraction of sp³-hybridized carbons (Fsp3) is 0.650. The molecular formula is C20H31N3O2. The summed E-state index contributed by atoms with van der Waals surface area (Å²) in [5.74, 6) is 0. The van der Waals surface area contributed by atoms with Crippen molar-refractivity contribution in [2.75, 3.05) is 40.4 Å². The topological polar surface area (TPSA) is 53.6 Å². The van der Waals surface area contributed by atoms with Crippen LogP contribution in [-0.2, 0) is 10.2 Å². The lowest BCUT2D eigenvalue weighted by Crippen LogP contribution is -2.57. The molecule has 2 amide bonds. The van der Waals surface area contributed by atoms with E-state index in [2.05, 4.69) is 60.8 Å². The minimum absolute atomic E-state index is 0.00285. The van der Waals surface area contributed by atoms with E-state index in [9.17, 15) is 4.79 Å². The van der Waals surface area contributed by atoms with Crippen molar-refractivity contribution in [3.63, 3.8) is 0 Å². The molecule has 0 bridgehead atoms. The molecule has 138 valence electrons. The quantitative estimate of drug-likeness (QED) is 0.833. The Hall–Kier alpha value is -1.59. The van der Waals surface area contributed by atoms with Gasteiger partial charge in [-0.3, -0.25) is 0 Å². The van der Waals surface area contributed by atoms with Gasteiger partial charge in [-0.2, -0.15) is 0 Å². The number of aryl methyl sites for hydroxylation is 1. The molecule has 0 spiro atoms. The lowest BCUT2D eigenvalue weighted by atomic mass is 9.88. The molecule has 1 aliphatic carbocycles. The number of nitrogens with zero attached hydrogens (tertiary/aromatic N) is 1. The Balaban J connectivity index is 1.52. The molecule has 1 aromatic rings. The smallest absolute Gasteiger partial charge is 0.314 e. The second-order valence-corrected chi connectivity index (χ2v) is 7.86. The third kappa shape index (κ3) is 3.98. The largest absolute Gasteiger partial charge is 0.381 e. The van der Waals surface area contributed by atoms with E-state index in [-0.39, 0.29) is 17.0 Å². The molecule has 5 nitrogen and oxygen atoms in total. The van der Waals surface area contributed by atoms with E-state index in [0.29, 0.717) is 13.1 Å². The van der Waals surface area contributed by atoms with Crippen molar-refractivity contribution in [3.05, 3.63) is 35.4 Å². The van der Waals surface area contributed by atoms with Gasteiger partial charge in [0.2, 0.25) is 0 Å². The van der Waals surface area contributed by atoms with Gasteiger partial charge in [0, 0.05) is 37.3 Å². The van der Waals surface area contributed by atoms with Gasteiger partial charge in [0.1, 0.15) is 0 Å². The molecule has 0 radical (unpaired) electrons. The second kappa shape index (κ2) is 7.34. The van der Waals surface area contributed by atoms with Crippen molar-refractivity contribution < 1.29 is 9.53 Å². The zero-order valence-electron chi connectivity index (χ0n) is 15.7. The number of nitrogens with one attached hydrogen (secondary N) is 2. The standard InChI is InChI=1S/C20H31N3O2/c1-16-6-4-5-7-17(16)19(8-9-19)14-21-18(24)22-15-20(23(2)3)10-12-25-13-11-20/h4-7H,8-15H2,1-3H3,(H2,21,22,24). The van der Waals surface area contributed by atoms with E-state index >= 15 is 0 Å². The van der Waals surface area contributed by atoms with Gasteiger partial charge in [-0.15, -0.1) is 0 Å². The third-order valence-corrected chi connectivity index (χ3v) is 6.11. The molecule has 1 saturated heterocycles. The molecule has 1 aliphatic heterocycles. The summed E-state index contributed by atoms with van der Waals surface area (Å²) in [4.78, 5) is 14.6. The number of benzene rings is 1. The highest BCUT2D eigenvalue weighted by Gasteiger charge is 2.45. The van der Waals surface area contributed by atoms with Crippen LogP contribution in [0, 0.1) is 6.92 Å². The van der Waals surface area contributed by atoms with E-state index in [4.69, 9.17) is 4.74 Å². The van der Waals surface area contributed by atoms with Crippen molar-refractivity contribution in [2.24, 2.45) is 0 Å². The summed E-state index contributed by atoms with van der Waals surface area (Å²) >= 11 is 0. The van der Waals surface area contributed by atoms with Crippen molar-refractivity contribution in [2.45, 2.75) is 43.6 Å². The number of carbonyl (C=O) groups is 1. The van der Waals surface area contributed by atoms with Gasteiger partial charge in [-0.05, 0) is 57.8 Å². The number of hydrogen-bond donors (Lipinski definition) is 2. The van der Waals surface area contributed by atoms with E-state index in [1.165, 1.54) is 11.1 Å². The predicted octanol–water partition coefficient (Wildman–Crippen LogP) is 2.44. The Morgan fingerprint density at radius 2 is 1.72 bits per heavy atom. The molecule has 1 heterocycles. The summed E-state index contributed by atoms with van der Waals surface area (Å²) in [6, 6.07) is 8.46. The first-order valence-corrected chi connectivity index (χ1v) is 9.31. The molecule has 2 N–H and O–H groups in total. The normalized spacial score (nSPS) is 21.0. The molecule has 5 heteroatoms. The molecule has 0 aromatic heterocycles. The minimum atomic E-state index is -0.0624. The molecular weight excluding hydrogens is 314 g/mol. The molecule has 0 atom stereocenters. The van der Waals surface area contributed by atoms with Gasteiger partial charge < -0.3 is 20.3 Å². The number of amides is 2. The van der Waals surface area contributed by atoms with E-state index < -0.39 is 0 Å². The summed E-state index contributed by atoms with van der Waals surface area (Å²) < 4.78 is 5.49. The average molecular weight is 345 g/mol. The second-order valence-electron chi connectivity index (χ2n) is 7.86. The van der Waals surface area contributed by atoms with Gasteiger partial charge in [0.25, 0.3) is 0 Å². The Kier molecular flexibility index (Phi) is 5.35. The maximum atomic E-state index is 12.4. The van der Waals surface area contributed by atoms with Crippen LogP contribution in [0.25, 0.3) is 0 Å². The highest BCUT2D eigenvalue weighted by Crippen LogP contribution is 2.48. The van der Waals surface area contributed by atoms with E-state index in [1.54, 1.807) is 0 Å². The van der Waals surface area contributed by atoms with Gasteiger partial charge in [-0.1, -0.05) is 24.3 Å². The van der Waals surface area contributed by atoms with Crippen molar-refractivity contribution >= 4 is 6.03 Å². The Bertz CT molecular complexity index is 605. The lowest BCUT2D eigenvalue weighted by Gasteiger charge is -2.42. The maximum absolute atomic E-state index is 12.4. The van der Waals surface area contributed by atoms with Crippen LogP contribution in [0.15, 0.2) is 24.3 Å². The summed E-state index contributed by atoms with van der Waals surface area (Å²) in [6.45, 7) is 5.05. The van der Waals surface area contributed by atoms with Gasteiger partial charge in [-0.25, -0.2) is 4.79 Å². The summed E-state index contributed by atoms with van der Waals surface area (Å²) in [5, 5.41) is 6.20. The van der Waals surface area contributed by atoms with Crippen molar-refractivity contribution in [1.29, 1.82) is 0 Å². The highest BCUT2D eigenvalue weighted by atomic mass is 16.5. The maximum Gasteiger partial charge on any atom is 0.314 e. The summed E-state index contributed by atoms with van der Waals surface area (Å²) in [7, 11) is 4.17. The Morgan fingerprint density at radius 1 is 1.08 bits per heavy atom. The molecule has 1 saturated carbocycles. The molecule has 1 aromatic carbocycles. The van der Waals surface area contributed by atoms with Gasteiger partial charge in [0.05, 0.1) is 0 Å². The average Bonchev–Trinajstić information content (AvgIpc) is 3.40. The Morgan fingerprint density at radius 3 is 2.32 bits per heavy atom. The molecule has 3 rings (SSSR count). The van der Waals surface area contributed by atoms with Crippen molar-refractivity contribution in [1.82, 2.24) is 15.5 Å².